The number of aryl methyl sites for hydroxylation is 1. The van der Waals surface area contributed by atoms with E-state index in [1.54, 1.807) is 29.1 Å². The zero-order valence-electron chi connectivity index (χ0n) is 21.5. The molecule has 2 amide bonds. The van der Waals surface area contributed by atoms with E-state index in [-0.39, 0.29) is 43.0 Å². The van der Waals surface area contributed by atoms with Crippen LogP contribution in [0.5, 0.6) is 5.75 Å². The highest BCUT2D eigenvalue weighted by Gasteiger charge is 2.48. The number of nitrogens with two attached hydrogens (primary N) is 1. The minimum absolute atomic E-state index is 0.0416. The number of amides is 2. The average molecular weight is 540 g/mol. The van der Waals surface area contributed by atoms with Crippen molar-refractivity contribution in [1.29, 1.82) is 0 Å². The number of aliphatic hydroxyl groups excluding tert-OH is 1. The Balaban J connectivity index is 1.26. The Hall–Kier alpha value is -3.83. The second kappa shape index (κ2) is 10.7. The van der Waals surface area contributed by atoms with Crippen molar-refractivity contribution in [2.45, 2.75) is 37.3 Å². The first kappa shape index (κ1) is 26.8. The number of carbonyl (C=O) groups is 2. The number of alkyl halides is 2. The predicted octanol–water partition coefficient (Wildman–Crippen LogP) is 2.90. The van der Waals surface area contributed by atoms with Crippen LogP contribution in [0.1, 0.15) is 29.9 Å². The highest BCUT2D eigenvalue weighted by molar-refractivity contribution is 5.95. The molecule has 206 valence electrons. The average Bonchev–Trinajstić information content (AvgIpc) is 3.62. The number of rotatable bonds is 8. The Labute approximate surface area is 224 Å². The number of piperidine rings is 1. The van der Waals surface area contributed by atoms with Gasteiger partial charge in [-0.05, 0) is 53.3 Å². The zero-order valence-corrected chi connectivity index (χ0v) is 21.5. The number of hydrogen-bond donors (Lipinski definition) is 3. The summed E-state index contributed by atoms with van der Waals surface area (Å²) in [7, 11) is 1.85. The van der Waals surface area contributed by atoms with Crippen molar-refractivity contribution < 1.29 is 28.2 Å². The minimum Gasteiger partial charge on any atom is -0.484 e. The summed E-state index contributed by atoms with van der Waals surface area (Å²) in [5.41, 5.74) is 9.85. The normalized spacial score (nSPS) is 21.9. The van der Waals surface area contributed by atoms with E-state index in [1.165, 1.54) is 0 Å². The van der Waals surface area contributed by atoms with Gasteiger partial charge in [0.25, 0.3) is 0 Å². The third-order valence-electron chi connectivity index (χ3n) is 7.32. The molecule has 0 unspecified atom stereocenters. The number of aliphatic hydroxyl groups is 1. The van der Waals surface area contributed by atoms with Gasteiger partial charge < -0.3 is 25.8 Å². The molecule has 1 aromatic heterocycles. The maximum atomic E-state index is 14.7. The first-order valence-electron chi connectivity index (χ1n) is 12.8. The number of hydrogen-bond acceptors (Lipinski definition) is 6. The molecular weight excluding hydrogens is 508 g/mol. The van der Waals surface area contributed by atoms with Crippen molar-refractivity contribution in [1.82, 2.24) is 14.7 Å². The maximum Gasteiger partial charge on any atom is 0.301 e. The van der Waals surface area contributed by atoms with Crippen molar-refractivity contribution in [2.75, 3.05) is 25.0 Å². The highest BCUT2D eigenvalue weighted by Crippen LogP contribution is 2.48. The number of benzene rings is 2. The molecule has 1 aliphatic heterocycles. The number of anilines is 1. The van der Waals surface area contributed by atoms with Gasteiger partial charge in [-0.2, -0.15) is 5.10 Å². The summed E-state index contributed by atoms with van der Waals surface area (Å²) < 4.78 is 36.9. The van der Waals surface area contributed by atoms with Crippen molar-refractivity contribution in [3.63, 3.8) is 0 Å². The van der Waals surface area contributed by atoms with Crippen molar-refractivity contribution in [3.05, 3.63) is 66.0 Å². The molecule has 2 heterocycles. The lowest BCUT2D eigenvalue weighted by Crippen LogP contribution is -2.55. The van der Waals surface area contributed by atoms with E-state index >= 15 is 0 Å². The molecule has 11 heteroatoms. The van der Waals surface area contributed by atoms with E-state index in [4.69, 9.17) is 15.6 Å². The number of likely N-dealkylation sites (tertiary alicyclic amines) is 1. The van der Waals surface area contributed by atoms with Gasteiger partial charge in [-0.1, -0.05) is 18.2 Å². The topological polar surface area (TPSA) is 123 Å². The van der Waals surface area contributed by atoms with Crippen molar-refractivity contribution >= 4 is 17.5 Å². The largest absolute Gasteiger partial charge is 0.484 e. The summed E-state index contributed by atoms with van der Waals surface area (Å²) in [6, 6.07) is 12.6. The summed E-state index contributed by atoms with van der Waals surface area (Å²) in [4.78, 5) is 25.4. The molecular formula is C28H31F2N5O4. The number of aromatic nitrogens is 2. The lowest BCUT2D eigenvalue weighted by atomic mass is 10.0. The summed E-state index contributed by atoms with van der Waals surface area (Å²) in [6.07, 6.45) is 3.02. The Morgan fingerprint density at radius 1 is 1.23 bits per heavy atom. The van der Waals surface area contributed by atoms with Crippen LogP contribution >= 0.6 is 0 Å². The first-order chi connectivity index (χ1) is 18.7. The number of carbonyl (C=O) groups excluding carboxylic acids is 2. The fourth-order valence-corrected chi connectivity index (χ4v) is 5.06. The van der Waals surface area contributed by atoms with Gasteiger partial charge in [-0.25, -0.2) is 8.78 Å². The van der Waals surface area contributed by atoms with Crippen LogP contribution in [0.3, 0.4) is 0 Å². The SMILES string of the molecule is Cn1cc([C@@H]2C[C@H]2C(=O)Nc2cccc(-c3ccc(O[C@H]4CCN(C(=O)CO)CC4(F)F)c(CN)c3)c2)cn1. The standard InChI is InChI=1S/C28H31F2N5O4/c1-34-14-20(13-32-34)22-11-23(22)27(38)33-21-4-2-3-17(10-21)18-5-6-24(19(9-18)12-31)39-25-7-8-35(26(37)15-36)16-28(25,29)30/h2-6,9-10,13-14,22-23,25,36H,7-8,11-12,15-16,31H2,1H3,(H,33,38)/t22-,23+,25-/m0/s1. The Kier molecular flexibility index (Phi) is 7.37. The Bertz CT molecular complexity index is 1380. The van der Waals surface area contributed by atoms with E-state index in [0.717, 1.165) is 28.0 Å². The van der Waals surface area contributed by atoms with E-state index in [2.05, 4.69) is 10.4 Å². The minimum atomic E-state index is -3.28. The van der Waals surface area contributed by atoms with E-state index in [0.29, 0.717) is 11.3 Å². The van der Waals surface area contributed by atoms with E-state index in [1.807, 2.05) is 37.5 Å². The van der Waals surface area contributed by atoms with Crippen LogP contribution in [-0.2, 0) is 23.2 Å². The molecule has 1 aliphatic carbocycles. The Morgan fingerprint density at radius 2 is 2.03 bits per heavy atom. The highest BCUT2D eigenvalue weighted by atomic mass is 19.3. The molecule has 2 aliphatic rings. The maximum absolute atomic E-state index is 14.7. The predicted molar refractivity (Wildman–Crippen MR) is 140 cm³/mol. The smallest absolute Gasteiger partial charge is 0.301 e. The van der Waals surface area contributed by atoms with Gasteiger partial charge in [-0.3, -0.25) is 14.3 Å². The quantitative estimate of drug-likeness (QED) is 0.405. The number of nitrogens with zero attached hydrogens (tertiary/aromatic N) is 3. The van der Waals surface area contributed by atoms with Crippen LogP contribution in [0.25, 0.3) is 11.1 Å². The number of nitrogens with one attached hydrogen (secondary N) is 1. The molecule has 2 aromatic carbocycles. The number of halogens is 2. The van der Waals surface area contributed by atoms with Crippen molar-refractivity contribution in [2.24, 2.45) is 18.7 Å². The van der Waals surface area contributed by atoms with Gasteiger partial charge in [0.2, 0.25) is 11.8 Å². The Morgan fingerprint density at radius 3 is 2.72 bits per heavy atom. The molecule has 9 nitrogen and oxygen atoms in total. The van der Waals surface area contributed by atoms with E-state index in [9.17, 15) is 18.4 Å². The van der Waals surface area contributed by atoms with Crippen LogP contribution in [-0.4, -0.2) is 63.3 Å². The van der Waals surface area contributed by atoms with E-state index < -0.39 is 31.1 Å². The molecule has 5 rings (SSSR count). The van der Waals surface area contributed by atoms with Crippen LogP contribution < -0.4 is 15.8 Å². The van der Waals surface area contributed by atoms with Crippen LogP contribution in [0.4, 0.5) is 14.5 Å². The lowest BCUT2D eigenvalue weighted by molar-refractivity contribution is -0.162. The molecule has 3 aromatic rings. The monoisotopic (exact) mass is 539 g/mol. The molecule has 1 saturated heterocycles. The van der Waals surface area contributed by atoms with Crippen molar-refractivity contribution in [3.8, 4) is 16.9 Å². The van der Waals surface area contributed by atoms with Crippen LogP contribution in [0.2, 0.25) is 0 Å². The first-order valence-corrected chi connectivity index (χ1v) is 12.8. The summed E-state index contributed by atoms with van der Waals surface area (Å²) in [6.45, 7) is -1.48. The summed E-state index contributed by atoms with van der Waals surface area (Å²) in [5.74, 6) is -3.71. The molecule has 0 radical (unpaired) electrons. The fourth-order valence-electron chi connectivity index (χ4n) is 5.06. The van der Waals surface area contributed by atoms with Gasteiger partial charge in [0.05, 0.1) is 12.7 Å². The van der Waals surface area contributed by atoms with Gasteiger partial charge in [0.15, 0.2) is 6.10 Å². The third-order valence-corrected chi connectivity index (χ3v) is 7.32. The molecule has 0 spiro atoms. The second-order valence-electron chi connectivity index (χ2n) is 10.1. The molecule has 2 fully saturated rings. The molecule has 0 bridgehead atoms. The summed E-state index contributed by atoms with van der Waals surface area (Å²) >= 11 is 0. The number of ether oxygens (including phenoxy) is 1. The fraction of sp³-hybridized carbons (Fsp3) is 0.393. The lowest BCUT2D eigenvalue weighted by Gasteiger charge is -2.38. The molecule has 1 saturated carbocycles. The van der Waals surface area contributed by atoms with Gasteiger partial charge in [-0.15, -0.1) is 0 Å². The second-order valence-corrected chi connectivity index (χ2v) is 10.1. The summed E-state index contributed by atoms with van der Waals surface area (Å²) in [5, 5.41) is 16.2. The van der Waals surface area contributed by atoms with Gasteiger partial charge in [0.1, 0.15) is 12.4 Å². The zero-order chi connectivity index (χ0) is 27.7. The van der Waals surface area contributed by atoms with Gasteiger partial charge >= 0.3 is 5.92 Å². The molecule has 3 atom stereocenters. The molecule has 4 N–H and O–H groups in total. The third kappa shape index (κ3) is 5.79. The van der Waals surface area contributed by atoms with Crippen LogP contribution in [0, 0.1) is 5.92 Å². The molecule has 39 heavy (non-hydrogen) atoms. The van der Waals surface area contributed by atoms with Gasteiger partial charge in [0, 0.05) is 49.9 Å². The van der Waals surface area contributed by atoms with Crippen LogP contribution in [0.15, 0.2) is 54.9 Å².